The van der Waals surface area contributed by atoms with Crippen LogP contribution in [0.5, 0.6) is 0 Å². The Labute approximate surface area is 161 Å². The first-order valence-corrected chi connectivity index (χ1v) is 8.16. The molecule has 0 aromatic rings. The fraction of sp³-hybridized carbons (Fsp3) is 0.467. The Bertz CT molecular complexity index is 622. The highest BCUT2D eigenvalue weighted by molar-refractivity contribution is 5.92. The first-order valence-electron chi connectivity index (χ1n) is 8.16. The number of hydrogen-bond acceptors (Lipinski definition) is 7. The van der Waals surface area contributed by atoms with Gasteiger partial charge in [-0.3, -0.25) is 28.8 Å². The van der Waals surface area contributed by atoms with Crippen molar-refractivity contribution in [2.45, 2.75) is 12.5 Å². The molecule has 0 aliphatic rings. The topological polar surface area (TPSA) is 215 Å². The standard InChI is InChI=1S/C15H25N7O6/c1-2-3-9(15(17)28)22-14(27)8-21-13(26)7-20-12(25)6-19-11(24)5-18-10(23)4-16/h2,9H,1,3-8,16H2,(H2,17,28)(H,18,23)(H,19,24)(H,20,25)(H,21,26)(H,22,27)/t9-/m0/s1. The molecule has 0 saturated heterocycles. The normalized spacial score (nSPS) is 10.8. The Morgan fingerprint density at radius 2 is 1.14 bits per heavy atom. The predicted octanol–water partition coefficient (Wildman–Crippen LogP) is -5.04. The van der Waals surface area contributed by atoms with E-state index in [-0.39, 0.29) is 19.5 Å². The van der Waals surface area contributed by atoms with E-state index in [1.165, 1.54) is 6.08 Å². The lowest BCUT2D eigenvalue weighted by atomic mass is 10.2. The minimum absolute atomic E-state index is 0.146. The van der Waals surface area contributed by atoms with E-state index in [0.29, 0.717) is 0 Å². The van der Waals surface area contributed by atoms with E-state index in [0.717, 1.165) is 0 Å². The third-order valence-electron chi connectivity index (χ3n) is 3.05. The van der Waals surface area contributed by atoms with Crippen molar-refractivity contribution >= 4 is 35.4 Å². The molecule has 0 fully saturated rings. The van der Waals surface area contributed by atoms with Gasteiger partial charge in [0.25, 0.3) is 0 Å². The molecule has 6 amide bonds. The van der Waals surface area contributed by atoms with Gasteiger partial charge in [0.1, 0.15) is 6.04 Å². The van der Waals surface area contributed by atoms with Crippen LogP contribution in [-0.2, 0) is 28.8 Å². The van der Waals surface area contributed by atoms with Crippen LogP contribution in [0.2, 0.25) is 0 Å². The van der Waals surface area contributed by atoms with E-state index in [2.05, 4.69) is 33.2 Å². The SMILES string of the molecule is C=CC[C@H](NC(=O)CNC(=O)CNC(=O)CNC(=O)CNC(=O)CN)C(N)=O. The molecular formula is C15H25N7O6. The van der Waals surface area contributed by atoms with E-state index in [1.54, 1.807) is 0 Å². The van der Waals surface area contributed by atoms with Crippen molar-refractivity contribution in [2.24, 2.45) is 11.5 Å². The third kappa shape index (κ3) is 12.0. The molecule has 0 bridgehead atoms. The average Bonchev–Trinajstić information content (AvgIpc) is 2.66. The maximum Gasteiger partial charge on any atom is 0.240 e. The second kappa shape index (κ2) is 13.7. The molecule has 0 unspecified atom stereocenters. The molecule has 0 aliphatic carbocycles. The Hall–Kier alpha value is -3.48. The summed E-state index contributed by atoms with van der Waals surface area (Å²) in [5.41, 5.74) is 10.2. The van der Waals surface area contributed by atoms with Crippen LogP contribution in [0.3, 0.4) is 0 Å². The first kappa shape index (κ1) is 24.5. The second-order valence-corrected chi connectivity index (χ2v) is 5.36. The van der Waals surface area contributed by atoms with Gasteiger partial charge in [0.05, 0.1) is 32.7 Å². The van der Waals surface area contributed by atoms with Crippen LogP contribution in [0.4, 0.5) is 0 Å². The molecule has 13 heteroatoms. The zero-order valence-corrected chi connectivity index (χ0v) is 15.2. The van der Waals surface area contributed by atoms with E-state index in [4.69, 9.17) is 11.5 Å². The van der Waals surface area contributed by atoms with Gasteiger partial charge in [-0.1, -0.05) is 6.08 Å². The monoisotopic (exact) mass is 399 g/mol. The minimum atomic E-state index is -0.931. The van der Waals surface area contributed by atoms with Gasteiger partial charge >= 0.3 is 0 Å². The fourth-order valence-corrected chi connectivity index (χ4v) is 1.63. The smallest absolute Gasteiger partial charge is 0.240 e. The molecule has 28 heavy (non-hydrogen) atoms. The Balaban J connectivity index is 4.01. The third-order valence-corrected chi connectivity index (χ3v) is 3.05. The van der Waals surface area contributed by atoms with Crippen molar-refractivity contribution in [1.82, 2.24) is 26.6 Å². The Morgan fingerprint density at radius 1 is 0.750 bits per heavy atom. The highest BCUT2D eigenvalue weighted by Crippen LogP contribution is 1.91. The van der Waals surface area contributed by atoms with Gasteiger partial charge in [0.15, 0.2) is 0 Å². The molecule has 0 heterocycles. The molecule has 13 nitrogen and oxygen atoms in total. The number of primary amides is 1. The molecule has 0 radical (unpaired) electrons. The summed E-state index contributed by atoms with van der Waals surface area (Å²) >= 11 is 0. The van der Waals surface area contributed by atoms with Crippen LogP contribution in [0.15, 0.2) is 12.7 Å². The average molecular weight is 399 g/mol. The summed E-state index contributed by atoms with van der Waals surface area (Å²) in [6.45, 7) is 1.57. The maximum absolute atomic E-state index is 11.6. The number of nitrogens with one attached hydrogen (secondary N) is 5. The Kier molecular flexibility index (Phi) is 12.0. The molecule has 9 N–H and O–H groups in total. The molecule has 0 aromatic carbocycles. The van der Waals surface area contributed by atoms with Gasteiger partial charge in [0, 0.05) is 0 Å². The van der Waals surface area contributed by atoms with E-state index in [9.17, 15) is 28.8 Å². The number of carbonyl (C=O) groups is 6. The summed E-state index contributed by atoms with van der Waals surface area (Å²) in [5.74, 6) is -3.83. The quantitative estimate of drug-likeness (QED) is 0.149. The lowest BCUT2D eigenvalue weighted by molar-refractivity contribution is -0.129. The molecule has 0 aliphatic heterocycles. The summed E-state index contributed by atoms with van der Waals surface area (Å²) in [6.07, 6.45) is 1.56. The highest BCUT2D eigenvalue weighted by atomic mass is 16.2. The number of nitrogens with two attached hydrogens (primary N) is 2. The maximum atomic E-state index is 11.6. The van der Waals surface area contributed by atoms with Gasteiger partial charge in [-0.05, 0) is 6.42 Å². The van der Waals surface area contributed by atoms with Crippen LogP contribution in [0.1, 0.15) is 6.42 Å². The number of hydrogen-bond donors (Lipinski definition) is 7. The van der Waals surface area contributed by atoms with Gasteiger partial charge in [-0.25, -0.2) is 0 Å². The van der Waals surface area contributed by atoms with Crippen molar-refractivity contribution in [3.05, 3.63) is 12.7 Å². The molecule has 0 saturated carbocycles. The number of carbonyl (C=O) groups excluding carboxylic acids is 6. The van der Waals surface area contributed by atoms with Gasteiger partial charge in [0.2, 0.25) is 35.4 Å². The summed E-state index contributed by atoms with van der Waals surface area (Å²) in [4.78, 5) is 68.1. The van der Waals surface area contributed by atoms with Crippen molar-refractivity contribution in [3.8, 4) is 0 Å². The van der Waals surface area contributed by atoms with E-state index < -0.39 is 61.1 Å². The van der Waals surface area contributed by atoms with Crippen LogP contribution in [0, 0.1) is 0 Å². The summed E-state index contributed by atoms with van der Waals surface area (Å²) in [5, 5.41) is 11.2. The molecule has 0 aromatic heterocycles. The molecule has 1 atom stereocenters. The molecular weight excluding hydrogens is 374 g/mol. The van der Waals surface area contributed by atoms with Crippen LogP contribution >= 0.6 is 0 Å². The number of rotatable bonds is 13. The van der Waals surface area contributed by atoms with E-state index in [1.807, 2.05) is 0 Å². The largest absolute Gasteiger partial charge is 0.368 e. The van der Waals surface area contributed by atoms with E-state index >= 15 is 0 Å². The lowest BCUT2D eigenvalue weighted by Gasteiger charge is -2.14. The summed E-state index contributed by atoms with van der Waals surface area (Å²) < 4.78 is 0. The van der Waals surface area contributed by atoms with Crippen molar-refractivity contribution < 1.29 is 28.8 Å². The second-order valence-electron chi connectivity index (χ2n) is 5.36. The van der Waals surface area contributed by atoms with Gasteiger partial charge in [-0.15, -0.1) is 6.58 Å². The van der Waals surface area contributed by atoms with Gasteiger partial charge in [-0.2, -0.15) is 0 Å². The Morgan fingerprint density at radius 3 is 1.50 bits per heavy atom. The summed E-state index contributed by atoms with van der Waals surface area (Å²) in [6, 6.07) is -0.931. The number of amides is 6. The van der Waals surface area contributed by atoms with Crippen LogP contribution < -0.4 is 38.1 Å². The van der Waals surface area contributed by atoms with Crippen molar-refractivity contribution in [3.63, 3.8) is 0 Å². The molecule has 0 rings (SSSR count). The molecule has 0 spiro atoms. The van der Waals surface area contributed by atoms with Crippen molar-refractivity contribution in [2.75, 3.05) is 32.7 Å². The van der Waals surface area contributed by atoms with Crippen LogP contribution in [0.25, 0.3) is 0 Å². The zero-order valence-electron chi connectivity index (χ0n) is 15.2. The zero-order chi connectivity index (χ0) is 21.5. The predicted molar refractivity (Wildman–Crippen MR) is 97.0 cm³/mol. The van der Waals surface area contributed by atoms with Gasteiger partial charge < -0.3 is 38.1 Å². The summed E-state index contributed by atoms with van der Waals surface area (Å²) in [7, 11) is 0. The van der Waals surface area contributed by atoms with Crippen molar-refractivity contribution in [1.29, 1.82) is 0 Å². The van der Waals surface area contributed by atoms with Crippen LogP contribution in [-0.4, -0.2) is 74.2 Å². The fourth-order valence-electron chi connectivity index (χ4n) is 1.63. The highest BCUT2D eigenvalue weighted by Gasteiger charge is 2.16. The first-order chi connectivity index (χ1) is 13.2. The lowest BCUT2D eigenvalue weighted by Crippen LogP contribution is -2.49. The minimum Gasteiger partial charge on any atom is -0.368 e. The molecule has 156 valence electrons.